The third kappa shape index (κ3) is 3.85. The van der Waals surface area contributed by atoms with Crippen molar-refractivity contribution in [1.29, 1.82) is 0 Å². The Kier molecular flexibility index (Phi) is 5.49. The maximum Gasteiger partial charge on any atom is 0.167 e. The second-order valence-corrected chi connectivity index (χ2v) is 9.08. The first kappa shape index (κ1) is 21.8. The van der Waals surface area contributed by atoms with E-state index in [0.717, 1.165) is 63.5 Å². The molecule has 0 bridgehead atoms. The van der Waals surface area contributed by atoms with Crippen molar-refractivity contribution >= 4 is 28.2 Å². The zero-order chi connectivity index (χ0) is 23.9. The van der Waals surface area contributed by atoms with E-state index in [2.05, 4.69) is 20.1 Å². The summed E-state index contributed by atoms with van der Waals surface area (Å²) < 4.78 is 31.8. The molecule has 7 nitrogen and oxygen atoms in total. The molecule has 2 fully saturated rings. The molecular weight excluding hydrogens is 448 g/mol. The lowest BCUT2D eigenvalue weighted by atomic mass is 10.1. The zero-order valence-electron chi connectivity index (χ0n) is 19.3. The molecule has 180 valence electrons. The summed E-state index contributed by atoms with van der Waals surface area (Å²) in [5.41, 5.74) is 9.59. The molecule has 4 aromatic rings. The van der Waals surface area contributed by atoms with E-state index in [1.165, 1.54) is 12.1 Å². The van der Waals surface area contributed by atoms with E-state index in [-0.39, 0.29) is 11.5 Å². The van der Waals surface area contributed by atoms with Crippen molar-refractivity contribution in [2.75, 3.05) is 54.8 Å². The first-order chi connectivity index (χ1) is 17.1. The van der Waals surface area contributed by atoms with Crippen LogP contribution in [0.5, 0.6) is 0 Å². The Morgan fingerprint density at radius 3 is 2.37 bits per heavy atom. The normalized spacial score (nSPS) is 16.4. The van der Waals surface area contributed by atoms with Gasteiger partial charge in [-0.2, -0.15) is 0 Å². The molecule has 2 aliphatic heterocycles. The molecule has 0 atom stereocenters. The number of anilines is 3. The first-order valence-electron chi connectivity index (χ1n) is 12.0. The number of fused-ring (bicyclic) bond motifs is 1. The van der Waals surface area contributed by atoms with Gasteiger partial charge in [0.05, 0.1) is 17.1 Å². The Labute approximate surface area is 202 Å². The summed E-state index contributed by atoms with van der Waals surface area (Å²) >= 11 is 0. The zero-order valence-corrected chi connectivity index (χ0v) is 19.3. The minimum Gasteiger partial charge on any atom is -0.396 e. The lowest BCUT2D eigenvalue weighted by molar-refractivity contribution is 0.590. The van der Waals surface area contributed by atoms with E-state index in [0.29, 0.717) is 28.2 Å². The number of rotatable bonds is 4. The summed E-state index contributed by atoms with van der Waals surface area (Å²) in [4.78, 5) is 13.9. The highest BCUT2D eigenvalue weighted by atomic mass is 19.1. The van der Waals surface area contributed by atoms with E-state index in [4.69, 9.17) is 10.7 Å². The highest BCUT2D eigenvalue weighted by Crippen LogP contribution is 2.35. The summed E-state index contributed by atoms with van der Waals surface area (Å²) in [6.45, 7) is 5.25. The van der Waals surface area contributed by atoms with Crippen LogP contribution in [0.2, 0.25) is 0 Å². The van der Waals surface area contributed by atoms with Gasteiger partial charge in [0, 0.05) is 56.7 Å². The topological polar surface area (TPSA) is 75.2 Å². The number of halogens is 2. The summed E-state index contributed by atoms with van der Waals surface area (Å²) in [5.74, 6) is -0.497. The van der Waals surface area contributed by atoms with Crippen LogP contribution in [0.4, 0.5) is 25.8 Å². The van der Waals surface area contributed by atoms with Crippen LogP contribution in [0.15, 0.2) is 48.7 Å². The number of nitrogens with two attached hydrogens (primary N) is 1. The minimum atomic E-state index is -0.541. The van der Waals surface area contributed by atoms with Gasteiger partial charge in [0.2, 0.25) is 0 Å². The third-order valence-electron chi connectivity index (χ3n) is 6.88. The fourth-order valence-electron chi connectivity index (χ4n) is 5.06. The van der Waals surface area contributed by atoms with Gasteiger partial charge in [0.1, 0.15) is 23.0 Å². The largest absolute Gasteiger partial charge is 0.396 e. The Morgan fingerprint density at radius 1 is 0.829 bits per heavy atom. The molecule has 4 heterocycles. The van der Waals surface area contributed by atoms with Gasteiger partial charge < -0.3 is 20.9 Å². The average Bonchev–Trinajstić information content (AvgIpc) is 3.55. The lowest BCUT2D eigenvalue weighted by Crippen LogP contribution is -2.43. The van der Waals surface area contributed by atoms with Crippen LogP contribution < -0.4 is 20.9 Å². The Morgan fingerprint density at radius 2 is 1.63 bits per heavy atom. The van der Waals surface area contributed by atoms with Gasteiger partial charge in [-0.25, -0.2) is 18.7 Å². The van der Waals surface area contributed by atoms with Crippen molar-refractivity contribution in [3.05, 3.63) is 60.3 Å². The molecule has 3 N–H and O–H groups in total. The van der Waals surface area contributed by atoms with Crippen LogP contribution in [-0.4, -0.2) is 53.8 Å². The number of benzene rings is 2. The van der Waals surface area contributed by atoms with Gasteiger partial charge in [0.15, 0.2) is 5.65 Å². The molecular formula is C26H27F2N7. The van der Waals surface area contributed by atoms with Gasteiger partial charge in [-0.1, -0.05) is 0 Å². The molecule has 2 aromatic heterocycles. The maximum atomic E-state index is 15.7. The van der Waals surface area contributed by atoms with E-state index < -0.39 is 5.82 Å². The van der Waals surface area contributed by atoms with Gasteiger partial charge >= 0.3 is 0 Å². The number of nitrogens with zero attached hydrogens (tertiary/aromatic N) is 5. The monoisotopic (exact) mass is 475 g/mol. The number of nitrogens with one attached hydrogen (secondary N) is 1. The maximum absolute atomic E-state index is 15.7. The number of hydrogen-bond donors (Lipinski definition) is 2. The number of imidazole rings is 1. The van der Waals surface area contributed by atoms with Crippen LogP contribution in [-0.2, 0) is 0 Å². The molecule has 0 unspecified atom stereocenters. The van der Waals surface area contributed by atoms with Crippen molar-refractivity contribution in [1.82, 2.24) is 19.9 Å². The van der Waals surface area contributed by atoms with Crippen molar-refractivity contribution in [2.45, 2.75) is 12.8 Å². The number of pyridine rings is 1. The third-order valence-corrected chi connectivity index (χ3v) is 6.88. The van der Waals surface area contributed by atoms with Crippen LogP contribution in [0.25, 0.3) is 28.2 Å². The van der Waals surface area contributed by atoms with E-state index >= 15 is 4.39 Å². The van der Waals surface area contributed by atoms with Gasteiger partial charge in [-0.3, -0.25) is 4.57 Å². The Hall–Kier alpha value is -3.72. The Balaban J connectivity index is 1.56. The molecule has 6 rings (SSSR count). The minimum absolute atomic E-state index is 0.0530. The van der Waals surface area contributed by atoms with Gasteiger partial charge in [0.25, 0.3) is 0 Å². The highest BCUT2D eigenvalue weighted by molar-refractivity contribution is 5.91. The molecule has 0 spiro atoms. The number of aromatic nitrogens is 3. The summed E-state index contributed by atoms with van der Waals surface area (Å²) in [5, 5.41) is 3.36. The van der Waals surface area contributed by atoms with Gasteiger partial charge in [-0.15, -0.1) is 0 Å². The molecule has 0 saturated carbocycles. The van der Waals surface area contributed by atoms with E-state index in [9.17, 15) is 4.39 Å². The van der Waals surface area contributed by atoms with E-state index in [1.54, 1.807) is 29.0 Å². The van der Waals surface area contributed by atoms with E-state index in [1.807, 2.05) is 12.1 Å². The Bertz CT molecular complexity index is 1390. The second kappa shape index (κ2) is 8.81. The van der Waals surface area contributed by atoms with Gasteiger partial charge in [-0.05, 0) is 55.3 Å². The van der Waals surface area contributed by atoms with Crippen LogP contribution in [0.1, 0.15) is 12.8 Å². The number of nitrogen functional groups attached to an aromatic ring is 1. The molecule has 2 saturated heterocycles. The molecule has 0 aliphatic carbocycles. The van der Waals surface area contributed by atoms with Crippen LogP contribution in [0, 0.1) is 11.6 Å². The molecule has 0 radical (unpaired) electrons. The van der Waals surface area contributed by atoms with Crippen molar-refractivity contribution < 1.29 is 8.78 Å². The quantitative estimate of drug-likeness (QED) is 0.436. The predicted molar refractivity (Wildman–Crippen MR) is 135 cm³/mol. The van der Waals surface area contributed by atoms with Crippen LogP contribution >= 0.6 is 0 Å². The highest BCUT2D eigenvalue weighted by Gasteiger charge is 2.24. The SMILES string of the molecule is Nc1ccc(-c2nc3c(N4CCNCC4)ccnc3n2-c2ccc(N3CCCC3)cc2F)cc1F. The number of piperazine rings is 1. The first-order valence-corrected chi connectivity index (χ1v) is 12.0. The molecule has 2 aromatic carbocycles. The standard InChI is InChI=1S/C26H27F2N7/c27-19-15-17(3-5-21(19)29)25-32-24-23(34-13-9-30-10-14-34)7-8-31-26(24)35(25)22-6-4-18(16-20(22)28)33-11-1-2-12-33/h3-8,15-16,30H,1-2,9-14,29H2. The second-order valence-electron chi connectivity index (χ2n) is 9.08. The predicted octanol–water partition coefficient (Wildman–Crippen LogP) is 3.96. The lowest BCUT2D eigenvalue weighted by Gasteiger charge is -2.29. The molecule has 2 aliphatic rings. The fraction of sp³-hybridized carbons (Fsp3) is 0.308. The van der Waals surface area contributed by atoms with Crippen LogP contribution in [0.3, 0.4) is 0 Å². The number of hydrogen-bond acceptors (Lipinski definition) is 6. The molecule has 0 amide bonds. The summed E-state index contributed by atoms with van der Waals surface area (Å²) in [6.07, 6.45) is 3.95. The summed E-state index contributed by atoms with van der Waals surface area (Å²) in [7, 11) is 0. The van der Waals surface area contributed by atoms with Crippen molar-refractivity contribution in [2.24, 2.45) is 0 Å². The summed E-state index contributed by atoms with van der Waals surface area (Å²) in [6, 6.07) is 11.8. The average molecular weight is 476 g/mol. The fourth-order valence-corrected chi connectivity index (χ4v) is 5.06. The molecule has 35 heavy (non-hydrogen) atoms. The van der Waals surface area contributed by atoms with Crippen molar-refractivity contribution in [3.63, 3.8) is 0 Å². The van der Waals surface area contributed by atoms with Crippen molar-refractivity contribution in [3.8, 4) is 17.1 Å². The smallest absolute Gasteiger partial charge is 0.167 e. The molecule has 9 heteroatoms.